The summed E-state index contributed by atoms with van der Waals surface area (Å²) in [5.41, 5.74) is 8.09. The molecule has 1 atom stereocenters. The molecule has 0 saturated carbocycles. The molecule has 1 aromatic heterocycles. The van der Waals surface area contributed by atoms with Crippen LogP contribution in [0.25, 0.3) is 0 Å². The van der Waals surface area contributed by atoms with Crippen LogP contribution >= 0.6 is 0 Å². The molecule has 3 aromatic rings. The molecule has 1 unspecified atom stereocenters. The molecular formula is C18H21N5O2. The van der Waals surface area contributed by atoms with Gasteiger partial charge in [-0.1, -0.05) is 18.2 Å². The number of rotatable bonds is 7. The molecule has 0 aliphatic heterocycles. The smallest absolute Gasteiger partial charge is 0.171 e. The summed E-state index contributed by atoms with van der Waals surface area (Å²) < 4.78 is 10.4. The molecule has 0 aliphatic carbocycles. The molecule has 1 heterocycles. The number of aromatic nitrogens is 3. The van der Waals surface area contributed by atoms with E-state index in [1.165, 1.54) is 0 Å². The first kappa shape index (κ1) is 16.8. The lowest BCUT2D eigenvalue weighted by Crippen LogP contribution is -2.14. The number of benzene rings is 2. The highest BCUT2D eigenvalue weighted by molar-refractivity contribution is 5.48. The van der Waals surface area contributed by atoms with Gasteiger partial charge >= 0.3 is 0 Å². The van der Waals surface area contributed by atoms with Crippen LogP contribution < -0.4 is 20.5 Å². The van der Waals surface area contributed by atoms with Gasteiger partial charge in [0, 0.05) is 11.8 Å². The Morgan fingerprint density at radius 3 is 2.56 bits per heavy atom. The maximum Gasteiger partial charge on any atom is 0.171 e. The third-order valence-corrected chi connectivity index (χ3v) is 3.81. The average Bonchev–Trinajstić information content (AvgIpc) is 3.15. The molecule has 4 N–H and O–H groups in total. The van der Waals surface area contributed by atoms with Gasteiger partial charge < -0.3 is 20.5 Å². The molecule has 0 bridgehead atoms. The zero-order valence-electron chi connectivity index (χ0n) is 14.2. The molecule has 0 amide bonds. The van der Waals surface area contributed by atoms with E-state index in [0.717, 1.165) is 22.7 Å². The Morgan fingerprint density at radius 1 is 1.08 bits per heavy atom. The summed E-state index contributed by atoms with van der Waals surface area (Å²) in [6.45, 7) is 0.505. The van der Waals surface area contributed by atoms with Gasteiger partial charge in [-0.05, 0) is 29.8 Å². The van der Waals surface area contributed by atoms with Gasteiger partial charge in [0.15, 0.2) is 5.82 Å². The fourth-order valence-electron chi connectivity index (χ4n) is 2.43. The monoisotopic (exact) mass is 339 g/mol. The number of H-pyrrole nitrogens is 1. The van der Waals surface area contributed by atoms with Crippen molar-refractivity contribution in [3.8, 4) is 11.5 Å². The van der Waals surface area contributed by atoms with Gasteiger partial charge in [-0.25, -0.2) is 4.98 Å². The van der Waals surface area contributed by atoms with Gasteiger partial charge in [0.05, 0.1) is 26.8 Å². The van der Waals surface area contributed by atoms with Crippen molar-refractivity contribution in [2.45, 2.75) is 12.6 Å². The van der Waals surface area contributed by atoms with Crippen LogP contribution in [0.4, 0.5) is 5.69 Å². The lowest BCUT2D eigenvalue weighted by atomic mass is 10.1. The van der Waals surface area contributed by atoms with Crippen LogP contribution in [0.3, 0.4) is 0 Å². The van der Waals surface area contributed by atoms with Crippen LogP contribution in [0.15, 0.2) is 48.5 Å². The number of hydrogen-bond acceptors (Lipinski definition) is 6. The fraction of sp³-hybridized carbons (Fsp3) is 0.222. The van der Waals surface area contributed by atoms with Crippen molar-refractivity contribution in [2.24, 2.45) is 5.73 Å². The summed E-state index contributed by atoms with van der Waals surface area (Å²) in [4.78, 5) is 4.47. The van der Waals surface area contributed by atoms with E-state index in [1.54, 1.807) is 14.2 Å². The maximum atomic E-state index is 6.26. The second kappa shape index (κ2) is 7.67. The first-order chi connectivity index (χ1) is 12.2. The molecule has 0 radical (unpaired) electrons. The predicted molar refractivity (Wildman–Crippen MR) is 95.7 cm³/mol. The van der Waals surface area contributed by atoms with Crippen molar-refractivity contribution >= 4 is 5.69 Å². The number of anilines is 1. The minimum absolute atomic E-state index is 0.420. The van der Waals surface area contributed by atoms with Gasteiger partial charge in [0.2, 0.25) is 0 Å². The third-order valence-electron chi connectivity index (χ3n) is 3.81. The molecule has 7 heteroatoms. The van der Waals surface area contributed by atoms with E-state index >= 15 is 0 Å². The lowest BCUT2D eigenvalue weighted by molar-refractivity contribution is 0.414. The van der Waals surface area contributed by atoms with Crippen LogP contribution in [-0.2, 0) is 6.54 Å². The van der Waals surface area contributed by atoms with E-state index in [0.29, 0.717) is 18.2 Å². The maximum absolute atomic E-state index is 6.26. The first-order valence-electron chi connectivity index (χ1n) is 7.88. The zero-order valence-corrected chi connectivity index (χ0v) is 14.2. The Hall–Kier alpha value is -3.06. The van der Waals surface area contributed by atoms with Crippen molar-refractivity contribution in [2.75, 3.05) is 19.5 Å². The van der Waals surface area contributed by atoms with E-state index in [9.17, 15) is 0 Å². The van der Waals surface area contributed by atoms with Crippen LogP contribution in [-0.4, -0.2) is 29.4 Å². The van der Waals surface area contributed by atoms with Crippen molar-refractivity contribution in [1.82, 2.24) is 15.2 Å². The van der Waals surface area contributed by atoms with E-state index in [-0.39, 0.29) is 0 Å². The molecule has 0 spiro atoms. The molecule has 2 aromatic carbocycles. The van der Waals surface area contributed by atoms with Crippen molar-refractivity contribution in [1.29, 1.82) is 0 Å². The number of ether oxygens (including phenoxy) is 2. The lowest BCUT2D eigenvalue weighted by Gasteiger charge is -2.09. The Bertz CT molecular complexity index is 834. The highest BCUT2D eigenvalue weighted by Gasteiger charge is 2.15. The van der Waals surface area contributed by atoms with Gasteiger partial charge in [-0.2, -0.15) is 5.10 Å². The summed E-state index contributed by atoms with van der Waals surface area (Å²) >= 11 is 0. The minimum Gasteiger partial charge on any atom is -0.497 e. The summed E-state index contributed by atoms with van der Waals surface area (Å²) in [5, 5.41) is 10.4. The quantitative estimate of drug-likeness (QED) is 0.612. The van der Waals surface area contributed by atoms with Crippen LogP contribution in [0.2, 0.25) is 0 Å². The van der Waals surface area contributed by atoms with Crippen molar-refractivity contribution in [3.63, 3.8) is 0 Å². The number of aromatic amines is 1. The van der Waals surface area contributed by atoms with Crippen LogP contribution in [0.5, 0.6) is 11.5 Å². The van der Waals surface area contributed by atoms with Crippen LogP contribution in [0, 0.1) is 0 Å². The van der Waals surface area contributed by atoms with E-state index in [4.69, 9.17) is 15.2 Å². The molecule has 0 saturated heterocycles. The van der Waals surface area contributed by atoms with Gasteiger partial charge in [0.1, 0.15) is 17.3 Å². The average molecular weight is 339 g/mol. The molecule has 130 valence electrons. The summed E-state index contributed by atoms with van der Waals surface area (Å²) in [5.74, 6) is 2.79. The number of nitrogens with zero attached hydrogens (tertiary/aromatic N) is 2. The second-order valence-corrected chi connectivity index (χ2v) is 5.48. The number of methoxy groups -OCH3 is 2. The first-order valence-corrected chi connectivity index (χ1v) is 7.88. The van der Waals surface area contributed by atoms with E-state index < -0.39 is 6.04 Å². The Kier molecular flexibility index (Phi) is 5.15. The van der Waals surface area contributed by atoms with Crippen molar-refractivity contribution in [3.05, 3.63) is 65.7 Å². The van der Waals surface area contributed by atoms with Crippen LogP contribution in [0.1, 0.15) is 23.3 Å². The number of nitrogens with two attached hydrogens (primary N) is 1. The van der Waals surface area contributed by atoms with Gasteiger partial charge in [-0.3, -0.25) is 5.10 Å². The molecular weight excluding hydrogens is 318 g/mol. The summed E-state index contributed by atoms with van der Waals surface area (Å²) in [6, 6.07) is 14.9. The SMILES string of the molecule is COc1cccc(NCc2nc(C(N)c3cccc(OC)c3)n[nH]2)c1. The summed E-state index contributed by atoms with van der Waals surface area (Å²) in [6.07, 6.45) is 0. The minimum atomic E-state index is -0.420. The predicted octanol–water partition coefficient (Wildman–Crippen LogP) is 2.48. The Balaban J connectivity index is 1.67. The van der Waals surface area contributed by atoms with Gasteiger partial charge in [-0.15, -0.1) is 0 Å². The molecule has 7 nitrogen and oxygen atoms in total. The zero-order chi connectivity index (χ0) is 17.6. The number of hydrogen-bond donors (Lipinski definition) is 3. The normalized spacial score (nSPS) is 11.8. The fourth-order valence-corrected chi connectivity index (χ4v) is 2.43. The third kappa shape index (κ3) is 4.07. The summed E-state index contributed by atoms with van der Waals surface area (Å²) in [7, 11) is 3.27. The van der Waals surface area contributed by atoms with E-state index in [2.05, 4.69) is 20.5 Å². The van der Waals surface area contributed by atoms with Gasteiger partial charge in [0.25, 0.3) is 0 Å². The molecule has 0 aliphatic rings. The standard InChI is InChI=1S/C18H21N5O2/c1-24-14-7-3-5-12(9-14)17(19)18-21-16(22-23-18)11-20-13-6-4-8-15(10-13)25-2/h3-10,17,20H,11,19H2,1-2H3,(H,21,22,23). The highest BCUT2D eigenvalue weighted by atomic mass is 16.5. The molecule has 3 rings (SSSR count). The molecule has 0 fully saturated rings. The largest absolute Gasteiger partial charge is 0.497 e. The second-order valence-electron chi connectivity index (χ2n) is 5.48. The topological polar surface area (TPSA) is 98.1 Å². The highest BCUT2D eigenvalue weighted by Crippen LogP contribution is 2.21. The van der Waals surface area contributed by atoms with E-state index in [1.807, 2.05) is 48.5 Å². The molecule has 25 heavy (non-hydrogen) atoms. The Labute approximate surface area is 146 Å². The van der Waals surface area contributed by atoms with Crippen molar-refractivity contribution < 1.29 is 9.47 Å². The number of nitrogens with one attached hydrogen (secondary N) is 2. The Morgan fingerprint density at radius 2 is 1.80 bits per heavy atom.